The molecule has 12 nitrogen and oxygen atoms in total. The van der Waals surface area contributed by atoms with Crippen molar-refractivity contribution in [1.82, 2.24) is 36.0 Å². The van der Waals surface area contributed by atoms with Crippen LogP contribution in [0.25, 0.3) is 0 Å². The quantitative estimate of drug-likeness (QED) is 0.305. The van der Waals surface area contributed by atoms with Gasteiger partial charge in [0.1, 0.15) is 31.0 Å². The van der Waals surface area contributed by atoms with Gasteiger partial charge in [0.15, 0.2) is 11.6 Å². The number of carbonyl (C=O) groups is 4. The van der Waals surface area contributed by atoms with Crippen molar-refractivity contribution in [1.29, 1.82) is 0 Å². The number of aromatic nitrogens is 3. The van der Waals surface area contributed by atoms with Crippen molar-refractivity contribution in [3.8, 4) is 5.75 Å². The van der Waals surface area contributed by atoms with Crippen LogP contribution < -0.4 is 26.0 Å². The molecule has 6 rings (SSSR count). The summed E-state index contributed by atoms with van der Waals surface area (Å²) in [5, 5.41) is 16.5. The summed E-state index contributed by atoms with van der Waals surface area (Å²) < 4.78 is 7.70. The Bertz CT molecular complexity index is 1570. The molecule has 256 valence electrons. The number of fused-ring (bicyclic) bond motifs is 14. The van der Waals surface area contributed by atoms with Gasteiger partial charge in [0.2, 0.25) is 23.6 Å². The van der Waals surface area contributed by atoms with Crippen molar-refractivity contribution >= 4 is 23.6 Å². The fourth-order valence-electron chi connectivity index (χ4n) is 5.93. The second kappa shape index (κ2) is 15.9. The van der Waals surface area contributed by atoms with Crippen LogP contribution in [0.4, 0.5) is 0 Å². The standard InChI is InChI=1S/C36H47N7O5/c1-22(2)16-28-21-48-29-14-12-26(13-15-29)18-31(38-24(4)44)36(47)37-23(3)35(46)40-30(17-25-8-6-5-7-9-25)34-41-32(19-27-10-11-27)42-43(34)20-33(45)39-28/h5-9,12-15,22-23,27-28,30-31H,10-11,16-21H2,1-4H3,(H,37,47)(H,38,44)(H,39,45)(H,40,46)/t23-,28+,30-,31+/m1/s1. The fraction of sp³-hybridized carbons (Fsp3) is 0.500. The molecular weight excluding hydrogens is 610 g/mol. The molecule has 3 aromatic rings. The average molecular weight is 658 g/mol. The zero-order valence-corrected chi connectivity index (χ0v) is 28.2. The molecule has 1 fully saturated rings. The third-order valence-electron chi connectivity index (χ3n) is 8.50. The van der Waals surface area contributed by atoms with E-state index in [1.165, 1.54) is 6.92 Å². The molecule has 1 aromatic heterocycles. The molecule has 0 saturated heterocycles. The predicted octanol–water partition coefficient (Wildman–Crippen LogP) is 2.81. The van der Waals surface area contributed by atoms with Crippen LogP contribution in [-0.2, 0) is 45.0 Å². The van der Waals surface area contributed by atoms with E-state index < -0.39 is 29.9 Å². The second-order valence-electron chi connectivity index (χ2n) is 13.5. The Morgan fingerprint density at radius 3 is 2.38 bits per heavy atom. The number of benzene rings is 2. The molecule has 1 saturated carbocycles. The number of carbonyl (C=O) groups excluding carboxylic acids is 4. The highest BCUT2D eigenvalue weighted by Crippen LogP contribution is 2.32. The van der Waals surface area contributed by atoms with E-state index in [4.69, 9.17) is 14.8 Å². The smallest absolute Gasteiger partial charge is 0.243 e. The lowest BCUT2D eigenvalue weighted by Crippen LogP contribution is -2.53. The van der Waals surface area contributed by atoms with Gasteiger partial charge in [-0.05, 0) is 67.7 Å². The highest BCUT2D eigenvalue weighted by Gasteiger charge is 2.30. The molecule has 3 aliphatic rings. The molecule has 48 heavy (non-hydrogen) atoms. The molecule has 0 radical (unpaired) electrons. The molecule has 2 bridgehead atoms. The third-order valence-corrected chi connectivity index (χ3v) is 8.50. The topological polar surface area (TPSA) is 156 Å². The van der Waals surface area contributed by atoms with Crippen LogP contribution in [0.2, 0.25) is 0 Å². The first-order chi connectivity index (χ1) is 23.0. The largest absolute Gasteiger partial charge is 0.491 e. The van der Waals surface area contributed by atoms with Gasteiger partial charge in [0, 0.05) is 19.8 Å². The van der Waals surface area contributed by atoms with E-state index in [-0.39, 0.29) is 37.4 Å². The Morgan fingerprint density at radius 1 is 0.979 bits per heavy atom. The first kappa shape index (κ1) is 34.6. The van der Waals surface area contributed by atoms with Crippen LogP contribution in [0.1, 0.15) is 75.8 Å². The number of nitrogens with zero attached hydrogens (tertiary/aromatic N) is 3. The molecule has 4 N–H and O–H groups in total. The highest BCUT2D eigenvalue weighted by molar-refractivity contribution is 5.91. The van der Waals surface area contributed by atoms with Gasteiger partial charge in [-0.1, -0.05) is 56.3 Å². The minimum Gasteiger partial charge on any atom is -0.491 e. The van der Waals surface area contributed by atoms with Gasteiger partial charge in [0.25, 0.3) is 0 Å². The van der Waals surface area contributed by atoms with E-state index in [1.54, 1.807) is 23.7 Å². The molecule has 4 amide bonds. The summed E-state index contributed by atoms with van der Waals surface area (Å²) in [7, 11) is 0. The predicted molar refractivity (Wildman–Crippen MR) is 180 cm³/mol. The lowest BCUT2D eigenvalue weighted by atomic mass is 10.0. The third kappa shape index (κ3) is 10.1. The Kier molecular flexibility index (Phi) is 11.5. The van der Waals surface area contributed by atoms with Crippen LogP contribution in [-0.4, -0.2) is 63.1 Å². The maximum absolute atomic E-state index is 13.7. The monoisotopic (exact) mass is 657 g/mol. The maximum Gasteiger partial charge on any atom is 0.243 e. The lowest BCUT2D eigenvalue weighted by Gasteiger charge is -2.25. The Balaban J connectivity index is 1.50. The first-order valence-corrected chi connectivity index (χ1v) is 16.9. The number of hydrogen-bond acceptors (Lipinski definition) is 7. The Hall–Kier alpha value is -4.74. The van der Waals surface area contributed by atoms with E-state index in [9.17, 15) is 19.2 Å². The van der Waals surface area contributed by atoms with Crippen LogP contribution in [0.3, 0.4) is 0 Å². The summed E-state index contributed by atoms with van der Waals surface area (Å²) in [4.78, 5) is 57.7. The summed E-state index contributed by atoms with van der Waals surface area (Å²) >= 11 is 0. The molecule has 4 atom stereocenters. The SMILES string of the molecule is CC(=O)N[C@H]1Cc2ccc(cc2)OC[C@H](CC(C)C)NC(=O)Cn2nc(CC3CC3)nc2[C@@H](Cc2ccccc2)NC(=O)[C@@H](C)NC1=O. The zero-order valence-electron chi connectivity index (χ0n) is 28.2. The van der Waals surface area contributed by atoms with Crippen molar-refractivity contribution in [3.05, 3.63) is 77.4 Å². The molecule has 1 aliphatic carbocycles. The summed E-state index contributed by atoms with van der Waals surface area (Å²) in [6.07, 6.45) is 4.25. The summed E-state index contributed by atoms with van der Waals surface area (Å²) in [6.45, 7) is 7.32. The van der Waals surface area contributed by atoms with Crippen LogP contribution in [0, 0.1) is 11.8 Å². The van der Waals surface area contributed by atoms with Gasteiger partial charge in [0.05, 0.1) is 12.1 Å². The van der Waals surface area contributed by atoms with Crippen LogP contribution in [0.15, 0.2) is 54.6 Å². The normalized spacial score (nSPS) is 22.6. The van der Waals surface area contributed by atoms with Crippen LogP contribution >= 0.6 is 0 Å². The van der Waals surface area contributed by atoms with Crippen molar-refractivity contribution < 1.29 is 23.9 Å². The zero-order chi connectivity index (χ0) is 34.2. The molecule has 0 unspecified atom stereocenters. The van der Waals surface area contributed by atoms with Gasteiger partial charge < -0.3 is 26.0 Å². The van der Waals surface area contributed by atoms with Crippen molar-refractivity contribution in [2.45, 2.75) is 96.9 Å². The van der Waals surface area contributed by atoms with Gasteiger partial charge in [-0.2, -0.15) is 5.10 Å². The first-order valence-electron chi connectivity index (χ1n) is 16.9. The number of ether oxygens (including phenoxy) is 1. The minimum atomic E-state index is -0.934. The number of nitrogens with one attached hydrogen (secondary N) is 4. The van der Waals surface area contributed by atoms with E-state index in [0.717, 1.165) is 24.0 Å². The van der Waals surface area contributed by atoms with Gasteiger partial charge in [-0.3, -0.25) is 19.2 Å². The van der Waals surface area contributed by atoms with Crippen molar-refractivity contribution in [2.24, 2.45) is 11.8 Å². The number of rotatable bonds is 7. The summed E-state index contributed by atoms with van der Waals surface area (Å²) in [5.74, 6) is 1.05. The molecule has 3 heterocycles. The maximum atomic E-state index is 13.7. The number of amides is 4. The summed E-state index contributed by atoms with van der Waals surface area (Å²) in [6, 6.07) is 14.3. The molecule has 2 aromatic carbocycles. The van der Waals surface area contributed by atoms with Gasteiger partial charge in [-0.25, -0.2) is 9.67 Å². The minimum absolute atomic E-state index is 0.0812. The molecule has 0 spiro atoms. The van der Waals surface area contributed by atoms with Crippen LogP contribution in [0.5, 0.6) is 5.75 Å². The average Bonchev–Trinajstić information content (AvgIpc) is 3.77. The van der Waals surface area contributed by atoms with Gasteiger partial charge >= 0.3 is 0 Å². The van der Waals surface area contributed by atoms with E-state index in [2.05, 4.69) is 35.1 Å². The van der Waals surface area contributed by atoms with Crippen molar-refractivity contribution in [2.75, 3.05) is 6.61 Å². The van der Waals surface area contributed by atoms with Crippen molar-refractivity contribution in [3.63, 3.8) is 0 Å². The number of hydrogen-bond donors (Lipinski definition) is 4. The summed E-state index contributed by atoms with van der Waals surface area (Å²) in [5.41, 5.74) is 1.77. The molecule has 2 aliphatic heterocycles. The molecule has 12 heteroatoms. The van der Waals surface area contributed by atoms with Gasteiger partial charge in [-0.15, -0.1) is 0 Å². The second-order valence-corrected chi connectivity index (χ2v) is 13.5. The highest BCUT2D eigenvalue weighted by atomic mass is 16.5. The fourth-order valence-corrected chi connectivity index (χ4v) is 5.93. The Morgan fingerprint density at radius 2 is 1.71 bits per heavy atom. The molecular formula is C36H47N7O5. The Labute approximate surface area is 281 Å². The van der Waals surface area contributed by atoms with E-state index in [1.807, 2.05) is 42.5 Å². The lowest BCUT2D eigenvalue weighted by molar-refractivity contribution is -0.131. The van der Waals surface area contributed by atoms with E-state index >= 15 is 0 Å². The van der Waals surface area contributed by atoms with E-state index in [0.29, 0.717) is 48.5 Å².